The third-order valence-corrected chi connectivity index (χ3v) is 4.90. The SMILES string of the molecule is Fc1ccc(COC2CCN(Cc3ccc4nc[nH]c4c3)CC2)cc1F. The summed E-state index contributed by atoms with van der Waals surface area (Å²) in [5.74, 6) is -1.65. The maximum atomic E-state index is 13.2. The molecule has 1 fully saturated rings. The summed E-state index contributed by atoms with van der Waals surface area (Å²) in [6.07, 6.45) is 3.76. The number of nitrogens with one attached hydrogen (secondary N) is 1. The van der Waals surface area contributed by atoms with E-state index in [2.05, 4.69) is 27.0 Å². The summed E-state index contributed by atoms with van der Waals surface area (Å²) < 4.78 is 32.1. The second-order valence-corrected chi connectivity index (χ2v) is 6.79. The zero-order valence-corrected chi connectivity index (χ0v) is 14.4. The quantitative estimate of drug-likeness (QED) is 0.750. The van der Waals surface area contributed by atoms with Crippen LogP contribution >= 0.6 is 0 Å². The van der Waals surface area contributed by atoms with E-state index in [-0.39, 0.29) is 6.10 Å². The van der Waals surface area contributed by atoms with Gasteiger partial charge in [0.2, 0.25) is 0 Å². The Kier molecular flexibility index (Phi) is 4.95. The molecule has 3 aromatic rings. The Hall–Kier alpha value is -2.31. The lowest BCUT2D eigenvalue weighted by Gasteiger charge is -2.32. The lowest BCUT2D eigenvalue weighted by atomic mass is 10.1. The zero-order valence-electron chi connectivity index (χ0n) is 14.4. The normalized spacial score (nSPS) is 16.4. The first-order valence-corrected chi connectivity index (χ1v) is 8.87. The lowest BCUT2D eigenvalue weighted by Crippen LogP contribution is -2.36. The fourth-order valence-electron chi connectivity index (χ4n) is 3.42. The third kappa shape index (κ3) is 3.92. The highest BCUT2D eigenvalue weighted by Crippen LogP contribution is 2.20. The fraction of sp³-hybridized carbons (Fsp3) is 0.350. The molecule has 2 heterocycles. The van der Waals surface area contributed by atoms with Crippen molar-refractivity contribution >= 4 is 11.0 Å². The average Bonchev–Trinajstić information content (AvgIpc) is 3.12. The molecule has 0 radical (unpaired) electrons. The number of halogens is 2. The Bertz CT molecular complexity index is 888. The maximum absolute atomic E-state index is 13.2. The van der Waals surface area contributed by atoms with E-state index in [0.29, 0.717) is 12.2 Å². The second-order valence-electron chi connectivity index (χ2n) is 6.79. The number of aromatic nitrogens is 2. The minimum absolute atomic E-state index is 0.162. The molecule has 0 unspecified atom stereocenters. The molecule has 0 spiro atoms. The zero-order chi connectivity index (χ0) is 17.9. The number of aromatic amines is 1. The van der Waals surface area contributed by atoms with Crippen LogP contribution in [0.3, 0.4) is 0 Å². The number of hydrogen-bond donors (Lipinski definition) is 1. The Morgan fingerprint density at radius 1 is 1.04 bits per heavy atom. The van der Waals surface area contributed by atoms with Crippen molar-refractivity contribution in [3.63, 3.8) is 0 Å². The number of likely N-dealkylation sites (tertiary alicyclic amines) is 1. The van der Waals surface area contributed by atoms with Crippen LogP contribution in [0.5, 0.6) is 0 Å². The first-order valence-electron chi connectivity index (χ1n) is 8.87. The molecular weight excluding hydrogens is 336 g/mol. The Morgan fingerprint density at radius 3 is 2.65 bits per heavy atom. The molecule has 1 aliphatic heterocycles. The van der Waals surface area contributed by atoms with Crippen molar-refractivity contribution < 1.29 is 13.5 Å². The van der Waals surface area contributed by atoms with Crippen LogP contribution in [0.2, 0.25) is 0 Å². The Morgan fingerprint density at radius 2 is 1.85 bits per heavy atom. The number of hydrogen-bond acceptors (Lipinski definition) is 3. The molecular formula is C20H21F2N3O. The van der Waals surface area contributed by atoms with E-state index in [1.54, 1.807) is 12.4 Å². The number of benzene rings is 2. The maximum Gasteiger partial charge on any atom is 0.159 e. The molecule has 1 aliphatic rings. The summed E-state index contributed by atoms with van der Waals surface area (Å²) in [6, 6.07) is 10.2. The van der Waals surface area contributed by atoms with Gasteiger partial charge in [-0.25, -0.2) is 13.8 Å². The molecule has 0 aliphatic carbocycles. The first kappa shape index (κ1) is 17.1. The van der Waals surface area contributed by atoms with E-state index in [1.807, 2.05) is 6.07 Å². The van der Waals surface area contributed by atoms with Crippen LogP contribution in [0.25, 0.3) is 11.0 Å². The van der Waals surface area contributed by atoms with Gasteiger partial charge in [-0.1, -0.05) is 12.1 Å². The molecule has 0 bridgehead atoms. The molecule has 1 N–H and O–H groups in total. The largest absolute Gasteiger partial charge is 0.373 e. The van der Waals surface area contributed by atoms with Crippen LogP contribution < -0.4 is 0 Å². The van der Waals surface area contributed by atoms with Gasteiger partial charge in [-0.05, 0) is 48.2 Å². The van der Waals surface area contributed by atoms with Gasteiger partial charge in [0.1, 0.15) is 0 Å². The summed E-state index contributed by atoms with van der Waals surface area (Å²) in [5.41, 5.74) is 3.98. The predicted molar refractivity (Wildman–Crippen MR) is 95.5 cm³/mol. The topological polar surface area (TPSA) is 41.1 Å². The minimum Gasteiger partial charge on any atom is -0.373 e. The molecule has 4 nitrogen and oxygen atoms in total. The standard InChI is InChI=1S/C20H21F2N3O/c21-17-3-1-15(9-18(17)22)12-26-16-5-7-25(8-6-16)11-14-2-4-19-20(10-14)24-13-23-19/h1-4,9-10,13,16H,5-8,11-12H2,(H,23,24). The van der Waals surface area contributed by atoms with Gasteiger partial charge in [-0.15, -0.1) is 0 Å². The summed E-state index contributed by atoms with van der Waals surface area (Å²) in [5, 5.41) is 0. The van der Waals surface area contributed by atoms with Crippen LogP contribution in [-0.2, 0) is 17.9 Å². The van der Waals surface area contributed by atoms with Gasteiger partial charge in [-0.2, -0.15) is 0 Å². The van der Waals surface area contributed by atoms with Crippen molar-refractivity contribution in [3.8, 4) is 0 Å². The molecule has 26 heavy (non-hydrogen) atoms. The van der Waals surface area contributed by atoms with Crippen LogP contribution in [0, 0.1) is 11.6 Å². The van der Waals surface area contributed by atoms with Crippen LogP contribution in [-0.4, -0.2) is 34.1 Å². The molecule has 0 atom stereocenters. The molecule has 136 valence electrons. The fourth-order valence-corrected chi connectivity index (χ4v) is 3.42. The summed E-state index contributed by atoms with van der Waals surface area (Å²) >= 11 is 0. The van der Waals surface area contributed by atoms with Crippen molar-refractivity contribution in [2.24, 2.45) is 0 Å². The van der Waals surface area contributed by atoms with Crippen molar-refractivity contribution in [2.45, 2.75) is 32.1 Å². The highest BCUT2D eigenvalue weighted by atomic mass is 19.2. The van der Waals surface area contributed by atoms with Gasteiger partial charge in [0.15, 0.2) is 11.6 Å². The monoisotopic (exact) mass is 357 g/mol. The smallest absolute Gasteiger partial charge is 0.159 e. The second kappa shape index (κ2) is 7.51. The lowest BCUT2D eigenvalue weighted by molar-refractivity contribution is -0.00404. The van der Waals surface area contributed by atoms with Crippen LogP contribution in [0.4, 0.5) is 8.78 Å². The number of H-pyrrole nitrogens is 1. The molecule has 1 aromatic heterocycles. The van der Waals surface area contributed by atoms with Gasteiger partial charge < -0.3 is 9.72 Å². The molecule has 4 rings (SSSR count). The van der Waals surface area contributed by atoms with Gasteiger partial charge in [0.05, 0.1) is 30.1 Å². The van der Waals surface area contributed by atoms with E-state index < -0.39 is 11.6 Å². The molecule has 0 amide bonds. The van der Waals surface area contributed by atoms with Crippen molar-refractivity contribution in [1.29, 1.82) is 0 Å². The third-order valence-electron chi connectivity index (χ3n) is 4.90. The van der Waals surface area contributed by atoms with Crippen LogP contribution in [0.15, 0.2) is 42.7 Å². The van der Waals surface area contributed by atoms with E-state index >= 15 is 0 Å². The highest BCUT2D eigenvalue weighted by molar-refractivity contribution is 5.74. The molecule has 0 saturated carbocycles. The number of piperidine rings is 1. The van der Waals surface area contributed by atoms with Crippen molar-refractivity contribution in [2.75, 3.05) is 13.1 Å². The number of nitrogens with zero attached hydrogens (tertiary/aromatic N) is 2. The number of rotatable bonds is 5. The van der Waals surface area contributed by atoms with Crippen molar-refractivity contribution in [1.82, 2.24) is 14.9 Å². The highest BCUT2D eigenvalue weighted by Gasteiger charge is 2.20. The first-order chi connectivity index (χ1) is 12.7. The van der Waals surface area contributed by atoms with E-state index in [4.69, 9.17) is 4.74 Å². The summed E-state index contributed by atoms with van der Waals surface area (Å²) in [6.45, 7) is 3.15. The number of ether oxygens (including phenoxy) is 1. The van der Waals surface area contributed by atoms with Crippen LogP contribution in [0.1, 0.15) is 24.0 Å². The van der Waals surface area contributed by atoms with Gasteiger partial charge in [-0.3, -0.25) is 4.90 Å². The van der Waals surface area contributed by atoms with E-state index in [9.17, 15) is 8.78 Å². The predicted octanol–water partition coefficient (Wildman–Crippen LogP) is 4.02. The summed E-state index contributed by atoms with van der Waals surface area (Å²) in [7, 11) is 0. The van der Waals surface area contributed by atoms with Gasteiger partial charge in [0.25, 0.3) is 0 Å². The number of imidazole rings is 1. The van der Waals surface area contributed by atoms with Gasteiger partial charge >= 0.3 is 0 Å². The molecule has 2 aromatic carbocycles. The summed E-state index contributed by atoms with van der Waals surface area (Å²) in [4.78, 5) is 9.80. The Labute approximate surface area is 150 Å². The average molecular weight is 357 g/mol. The van der Waals surface area contributed by atoms with Crippen molar-refractivity contribution in [3.05, 3.63) is 65.5 Å². The number of fused-ring (bicyclic) bond motifs is 1. The van der Waals surface area contributed by atoms with E-state index in [0.717, 1.165) is 49.6 Å². The minimum atomic E-state index is -0.824. The van der Waals surface area contributed by atoms with E-state index in [1.165, 1.54) is 11.6 Å². The Balaban J connectivity index is 1.26. The molecule has 1 saturated heterocycles. The van der Waals surface area contributed by atoms with Gasteiger partial charge in [0, 0.05) is 19.6 Å². The molecule has 6 heteroatoms.